The zero-order valence-corrected chi connectivity index (χ0v) is 37.9. The van der Waals surface area contributed by atoms with Crippen molar-refractivity contribution in [3.05, 3.63) is 174 Å². The second-order valence-electron chi connectivity index (χ2n) is 17.2. The van der Waals surface area contributed by atoms with Crippen LogP contribution in [0.15, 0.2) is 144 Å². The summed E-state index contributed by atoms with van der Waals surface area (Å²) in [6.07, 6.45) is -0.647. The molecule has 1 radical (unpaired) electrons. The second-order valence-corrected chi connectivity index (χ2v) is 17.2. The molecule has 0 unspecified atom stereocenters. The van der Waals surface area contributed by atoms with Gasteiger partial charge in [0.05, 0.1) is 22.4 Å². The molecule has 0 atom stereocenters. The number of nitrogens with zero attached hydrogens (tertiary/aromatic N) is 3. The van der Waals surface area contributed by atoms with Crippen LogP contribution >= 0.6 is 0 Å². The number of para-hydroxylation sites is 3. The van der Waals surface area contributed by atoms with Crippen LogP contribution in [-0.2, 0) is 26.5 Å². The first kappa shape index (κ1) is 35.8. The average Bonchev–Trinajstić information content (AvgIpc) is 3.86. The van der Waals surface area contributed by atoms with E-state index in [1.165, 1.54) is 33.8 Å². The summed E-state index contributed by atoms with van der Waals surface area (Å²) in [7, 11) is 0. The molecule has 5 heteroatoms. The summed E-state index contributed by atoms with van der Waals surface area (Å²) in [5.41, 5.74) is 8.60. The molecule has 0 aliphatic rings. The summed E-state index contributed by atoms with van der Waals surface area (Å²) in [6.45, 7) is 11.8. The monoisotopic (exact) mass is 979 g/mol. The number of imidazole rings is 1. The maximum atomic E-state index is 8.85. The molecule has 0 saturated heterocycles. The van der Waals surface area contributed by atoms with Gasteiger partial charge in [-0.1, -0.05) is 138 Å². The number of pyridine rings is 1. The molecule has 10 rings (SSSR count). The fourth-order valence-electron chi connectivity index (χ4n) is 8.27. The Morgan fingerprint density at radius 2 is 1.46 bits per heavy atom. The molecule has 4 nitrogen and oxygen atoms in total. The molecule has 61 heavy (non-hydrogen) atoms. The molecule has 3 heterocycles. The number of furan rings is 1. The minimum Gasteiger partial charge on any atom is -0.501 e. The SMILES string of the molecule is CC(C)c1cccc(C(C)C)c1-n1c(-c2[c-]cccc2)nc2ccccc21.[2H]C([2H])([2H])c1cnc(-c2[c-]ccc3c2oc2cc4ccc5ccccc5c4cc23)cc1C([2H])([2H])C(C)(C)C.[Ir]. The molecular weight excluding hydrogens is 923 g/mol. The molecule has 0 bridgehead atoms. The molecule has 0 spiro atoms. The van der Waals surface area contributed by atoms with Gasteiger partial charge in [-0.25, -0.2) is 0 Å². The van der Waals surface area contributed by atoms with Crippen molar-refractivity contribution >= 4 is 54.5 Å². The molecule has 3 aromatic heterocycles. The number of rotatable bonds is 6. The standard InChI is InChI=1S/C31H26NO.C25H25N2.Ir/c1-19-18-32-28(14-22(19)17-31(2,3)4)25-11-7-10-24-27-16-26-21(15-29(27)33-30(24)25)13-12-20-8-5-6-9-23(20)26;1-17(2)20-13-10-14-21(18(3)4)24(20)27-23-16-9-8-15-22(23)26-25(27)19-11-6-5-7-12-19;/h5-10,12-16,18H,17H2,1-4H3;5-11,13-18H,1-4H3;/q2*-1;/i1D3,17D2;;. The summed E-state index contributed by atoms with van der Waals surface area (Å²) >= 11 is 0. The van der Waals surface area contributed by atoms with Crippen LogP contribution < -0.4 is 0 Å². The number of aryl methyl sites for hydroxylation is 1. The Hall–Kier alpha value is -5.87. The third-order valence-corrected chi connectivity index (χ3v) is 11.0. The molecular formula is C56H51IrN3O-2. The molecule has 0 aliphatic carbocycles. The Balaban J connectivity index is 0.000000187. The van der Waals surface area contributed by atoms with Gasteiger partial charge in [-0.2, -0.15) is 0 Å². The van der Waals surface area contributed by atoms with E-state index in [0.717, 1.165) is 49.5 Å². The number of fused-ring (bicyclic) bond motifs is 7. The molecule has 7 aromatic carbocycles. The zero-order chi connectivity index (χ0) is 46.0. The van der Waals surface area contributed by atoms with Gasteiger partial charge < -0.3 is 14.0 Å². The van der Waals surface area contributed by atoms with E-state index in [4.69, 9.17) is 16.3 Å². The Morgan fingerprint density at radius 1 is 0.721 bits per heavy atom. The van der Waals surface area contributed by atoms with Gasteiger partial charge in [0.25, 0.3) is 0 Å². The van der Waals surface area contributed by atoms with Crippen LogP contribution in [0.1, 0.15) is 89.4 Å². The third-order valence-electron chi connectivity index (χ3n) is 11.0. The third kappa shape index (κ3) is 8.06. The molecule has 0 fully saturated rings. The van der Waals surface area contributed by atoms with E-state index >= 15 is 0 Å². The Bertz CT molecular complexity index is 3370. The van der Waals surface area contributed by atoms with Gasteiger partial charge in [0.1, 0.15) is 5.58 Å². The van der Waals surface area contributed by atoms with Gasteiger partial charge in [-0.3, -0.25) is 4.98 Å². The fourth-order valence-corrected chi connectivity index (χ4v) is 8.27. The maximum Gasteiger partial charge on any atom is 0.121 e. The van der Waals surface area contributed by atoms with E-state index in [1.54, 1.807) is 32.9 Å². The van der Waals surface area contributed by atoms with E-state index in [0.29, 0.717) is 28.7 Å². The van der Waals surface area contributed by atoms with Gasteiger partial charge in [-0.15, -0.1) is 54.1 Å². The van der Waals surface area contributed by atoms with Gasteiger partial charge >= 0.3 is 0 Å². The zero-order valence-electron chi connectivity index (χ0n) is 40.5. The van der Waals surface area contributed by atoms with Crippen LogP contribution in [0.2, 0.25) is 0 Å². The Kier molecular flexibility index (Phi) is 9.92. The molecule has 0 saturated carbocycles. The van der Waals surface area contributed by atoms with E-state index in [9.17, 15) is 0 Å². The van der Waals surface area contributed by atoms with Crippen molar-refractivity contribution in [1.29, 1.82) is 0 Å². The normalized spacial score (nSPS) is 13.5. The van der Waals surface area contributed by atoms with Gasteiger partial charge in [0.2, 0.25) is 0 Å². The quantitative estimate of drug-likeness (QED) is 0.123. The van der Waals surface area contributed by atoms with Crippen molar-refractivity contribution in [3.8, 4) is 28.3 Å². The van der Waals surface area contributed by atoms with Gasteiger partial charge in [-0.05, 0) is 98.7 Å². The molecule has 0 aliphatic heterocycles. The summed E-state index contributed by atoms with van der Waals surface area (Å²) < 4.78 is 50.4. The molecule has 307 valence electrons. The largest absolute Gasteiger partial charge is 0.501 e. The number of aromatic nitrogens is 3. The number of benzene rings is 7. The van der Waals surface area contributed by atoms with Crippen molar-refractivity contribution in [1.82, 2.24) is 14.5 Å². The summed E-state index contributed by atoms with van der Waals surface area (Å²) in [6, 6.07) is 51.7. The van der Waals surface area contributed by atoms with Crippen LogP contribution in [0, 0.1) is 24.4 Å². The molecule has 0 N–H and O–H groups in total. The second kappa shape index (κ2) is 16.9. The Morgan fingerprint density at radius 3 is 2.20 bits per heavy atom. The van der Waals surface area contributed by atoms with Crippen molar-refractivity contribution in [2.45, 2.75) is 73.5 Å². The van der Waals surface area contributed by atoms with Gasteiger partial charge in [0.15, 0.2) is 0 Å². The van der Waals surface area contributed by atoms with Crippen LogP contribution in [0.25, 0.3) is 82.8 Å². The van der Waals surface area contributed by atoms with Crippen LogP contribution in [0.5, 0.6) is 0 Å². The number of hydrogen-bond donors (Lipinski definition) is 0. The van der Waals surface area contributed by atoms with E-state index < -0.39 is 18.6 Å². The minimum atomic E-state index is -2.50. The van der Waals surface area contributed by atoms with Crippen molar-refractivity contribution in [3.63, 3.8) is 0 Å². The van der Waals surface area contributed by atoms with Crippen molar-refractivity contribution < 1.29 is 31.4 Å². The minimum absolute atomic E-state index is 0. The first-order valence-electron chi connectivity index (χ1n) is 23.2. The van der Waals surface area contributed by atoms with E-state index in [-0.39, 0.29) is 31.2 Å². The van der Waals surface area contributed by atoms with Crippen LogP contribution in [0.3, 0.4) is 0 Å². The van der Waals surface area contributed by atoms with Gasteiger partial charge in [0, 0.05) is 44.2 Å². The van der Waals surface area contributed by atoms with Crippen molar-refractivity contribution in [2.24, 2.45) is 5.41 Å². The fraction of sp³-hybridized carbons (Fsp3) is 0.214. The topological polar surface area (TPSA) is 43.9 Å². The predicted molar refractivity (Wildman–Crippen MR) is 252 cm³/mol. The van der Waals surface area contributed by atoms with Crippen molar-refractivity contribution in [2.75, 3.05) is 0 Å². The average molecular weight is 979 g/mol. The summed E-state index contributed by atoms with van der Waals surface area (Å²) in [4.78, 5) is 9.46. The van der Waals surface area contributed by atoms with E-state index in [2.05, 4.69) is 128 Å². The smallest absolute Gasteiger partial charge is 0.121 e. The van der Waals surface area contributed by atoms with E-state index in [1.807, 2.05) is 42.5 Å². The first-order valence-corrected chi connectivity index (χ1v) is 20.7. The Labute approximate surface area is 380 Å². The number of hydrogen-bond acceptors (Lipinski definition) is 3. The van der Waals surface area contributed by atoms with Crippen LogP contribution in [-0.4, -0.2) is 14.5 Å². The van der Waals surface area contributed by atoms with Crippen LogP contribution in [0.4, 0.5) is 0 Å². The first-order chi connectivity index (χ1) is 30.9. The summed E-state index contributed by atoms with van der Waals surface area (Å²) in [5.74, 6) is 1.80. The predicted octanol–water partition coefficient (Wildman–Crippen LogP) is 15.4. The maximum absolute atomic E-state index is 8.85. The summed E-state index contributed by atoms with van der Waals surface area (Å²) in [5, 5.41) is 6.39. The molecule has 0 amide bonds. The molecule has 10 aromatic rings.